The van der Waals surface area contributed by atoms with E-state index in [4.69, 9.17) is 5.73 Å². The molecule has 0 saturated heterocycles. The van der Waals surface area contributed by atoms with E-state index in [-0.39, 0.29) is 40.9 Å². The number of halogens is 6. The van der Waals surface area contributed by atoms with Gasteiger partial charge in [-0.3, -0.25) is 14.3 Å². The van der Waals surface area contributed by atoms with Gasteiger partial charge in [0.2, 0.25) is 5.69 Å². The zero-order chi connectivity index (χ0) is 33.6. The van der Waals surface area contributed by atoms with Crippen molar-refractivity contribution >= 4 is 21.5 Å². The fourth-order valence-electron chi connectivity index (χ4n) is 5.68. The van der Waals surface area contributed by atoms with Gasteiger partial charge in [0.15, 0.2) is 27.5 Å². The van der Waals surface area contributed by atoms with Crippen molar-refractivity contribution in [2.75, 3.05) is 5.75 Å². The first-order chi connectivity index (χ1) is 21.5. The molecule has 1 aliphatic heterocycles. The molecular weight excluding hydrogens is 642 g/mol. The molecule has 242 valence electrons. The molecule has 0 bridgehead atoms. The number of primary amides is 1. The summed E-state index contributed by atoms with van der Waals surface area (Å²) in [5.41, 5.74) is 2.96. The number of nitrogens with zero attached hydrogens (tertiary/aromatic N) is 3. The SMILES string of the molecule is NC(=O)c1cc(-c2ccc[n+]([O-])c2[C@@H](CC(=O)Cn2nc(C(F)(F)F)c3c2CCS(=O)(=O)C3)Cc2cc(F)cc(F)c2)ccc1F. The molecule has 2 aromatic carbocycles. The topological polar surface area (TPSA) is 139 Å². The second-order valence-electron chi connectivity index (χ2n) is 10.9. The minimum absolute atomic E-state index is 0.0445. The molecule has 46 heavy (non-hydrogen) atoms. The Morgan fingerprint density at radius 1 is 1.07 bits per heavy atom. The van der Waals surface area contributed by atoms with E-state index in [1.54, 1.807) is 0 Å². The second-order valence-corrected chi connectivity index (χ2v) is 13.1. The summed E-state index contributed by atoms with van der Waals surface area (Å²) in [4.78, 5) is 25.3. The minimum Gasteiger partial charge on any atom is -0.618 e. The number of carbonyl (C=O) groups excluding carboxylic acids is 2. The average molecular weight is 667 g/mol. The first-order valence-corrected chi connectivity index (χ1v) is 15.5. The first-order valence-electron chi connectivity index (χ1n) is 13.7. The Bertz CT molecular complexity index is 1960. The molecule has 0 radical (unpaired) electrons. The number of hydrogen-bond acceptors (Lipinski definition) is 6. The fourth-order valence-corrected chi connectivity index (χ4v) is 7.07. The molecule has 2 N–H and O–H groups in total. The molecule has 1 aliphatic rings. The number of pyridine rings is 1. The largest absolute Gasteiger partial charge is 0.618 e. The van der Waals surface area contributed by atoms with Crippen LogP contribution < -0.4 is 10.5 Å². The van der Waals surface area contributed by atoms with E-state index in [0.29, 0.717) is 10.8 Å². The molecule has 16 heteroatoms. The van der Waals surface area contributed by atoms with Gasteiger partial charge in [-0.2, -0.15) is 23.0 Å². The lowest BCUT2D eigenvalue weighted by Gasteiger charge is -2.20. The number of ketones is 1. The summed E-state index contributed by atoms with van der Waals surface area (Å²) < 4.78 is 109. The van der Waals surface area contributed by atoms with Gasteiger partial charge in [-0.05, 0) is 47.9 Å². The van der Waals surface area contributed by atoms with Gasteiger partial charge in [0.05, 0.1) is 35.1 Å². The lowest BCUT2D eigenvalue weighted by Crippen LogP contribution is -2.35. The highest BCUT2D eigenvalue weighted by Gasteiger charge is 2.42. The molecule has 3 heterocycles. The summed E-state index contributed by atoms with van der Waals surface area (Å²) in [5, 5.41) is 16.8. The number of hydrogen-bond donors (Lipinski definition) is 1. The predicted molar refractivity (Wildman–Crippen MR) is 150 cm³/mol. The zero-order valence-electron chi connectivity index (χ0n) is 23.7. The highest BCUT2D eigenvalue weighted by molar-refractivity contribution is 7.90. The third-order valence-electron chi connectivity index (χ3n) is 7.58. The number of carbonyl (C=O) groups is 2. The standard InChI is InChI=1S/C30H24F6N4O5S/c31-19-9-16(10-20(32)13-19)8-18(27-22(2-1-6-40(27)43)17-3-4-25(33)23(12-17)29(37)42)11-21(41)14-39-26-5-7-46(44,45)15-24(26)28(38-39)30(34,35)36/h1-4,6,9-10,12-13,18H,5,7-8,11,14-15H2,(H2,37,42)/t18-/m1/s1. The van der Waals surface area contributed by atoms with Gasteiger partial charge in [0.25, 0.3) is 5.91 Å². The average Bonchev–Trinajstić information content (AvgIpc) is 3.28. The minimum atomic E-state index is -5.00. The molecule has 0 spiro atoms. The maximum Gasteiger partial charge on any atom is 0.435 e. The van der Waals surface area contributed by atoms with Crippen molar-refractivity contribution in [3.63, 3.8) is 0 Å². The Balaban J connectivity index is 1.57. The summed E-state index contributed by atoms with van der Waals surface area (Å²) in [7, 11) is -3.83. The van der Waals surface area contributed by atoms with Crippen LogP contribution in [0.3, 0.4) is 0 Å². The quantitative estimate of drug-likeness (QED) is 0.162. The van der Waals surface area contributed by atoms with E-state index in [9.17, 15) is 49.6 Å². The maximum absolute atomic E-state index is 14.3. The number of rotatable bonds is 9. The van der Waals surface area contributed by atoms with Gasteiger partial charge in [0, 0.05) is 36.2 Å². The van der Waals surface area contributed by atoms with Gasteiger partial charge in [0.1, 0.15) is 17.5 Å². The highest BCUT2D eigenvalue weighted by Crippen LogP contribution is 2.37. The molecule has 0 fully saturated rings. The predicted octanol–water partition coefficient (Wildman–Crippen LogP) is 4.18. The fraction of sp³-hybridized carbons (Fsp3) is 0.267. The molecule has 9 nitrogen and oxygen atoms in total. The summed E-state index contributed by atoms with van der Waals surface area (Å²) in [5.74, 6) is -7.13. The third-order valence-corrected chi connectivity index (χ3v) is 9.14. The number of fused-ring (bicyclic) bond motifs is 1. The molecule has 0 saturated carbocycles. The Morgan fingerprint density at radius 2 is 1.76 bits per heavy atom. The second kappa shape index (κ2) is 12.2. The molecule has 0 aliphatic carbocycles. The molecule has 4 aromatic rings. The van der Waals surface area contributed by atoms with Gasteiger partial charge >= 0.3 is 6.18 Å². The number of benzene rings is 2. The number of aromatic nitrogens is 3. The van der Waals surface area contributed by atoms with E-state index in [2.05, 4.69) is 5.10 Å². The highest BCUT2D eigenvalue weighted by atomic mass is 32.2. The van der Waals surface area contributed by atoms with E-state index in [1.807, 2.05) is 0 Å². The molecule has 1 amide bonds. The Hall–Kier alpha value is -4.73. The Labute approximate surface area is 257 Å². The Kier molecular flexibility index (Phi) is 8.68. The zero-order valence-corrected chi connectivity index (χ0v) is 24.5. The van der Waals surface area contributed by atoms with Crippen molar-refractivity contribution in [3.05, 3.63) is 111 Å². The van der Waals surface area contributed by atoms with Crippen LogP contribution in [0.4, 0.5) is 26.3 Å². The maximum atomic E-state index is 14.3. The summed E-state index contributed by atoms with van der Waals surface area (Å²) in [6.45, 7) is -0.726. The van der Waals surface area contributed by atoms with Crippen LogP contribution in [-0.4, -0.2) is 35.6 Å². The van der Waals surface area contributed by atoms with Crippen molar-refractivity contribution in [1.29, 1.82) is 0 Å². The van der Waals surface area contributed by atoms with Crippen LogP contribution in [-0.2, 0) is 45.9 Å². The van der Waals surface area contributed by atoms with Crippen LogP contribution in [0.5, 0.6) is 0 Å². The van der Waals surface area contributed by atoms with E-state index in [0.717, 1.165) is 35.1 Å². The number of nitrogens with two attached hydrogens (primary N) is 1. The lowest BCUT2D eigenvalue weighted by molar-refractivity contribution is -0.615. The van der Waals surface area contributed by atoms with Crippen LogP contribution in [0.2, 0.25) is 0 Å². The van der Waals surface area contributed by atoms with Crippen molar-refractivity contribution in [2.24, 2.45) is 5.73 Å². The van der Waals surface area contributed by atoms with E-state index in [1.165, 1.54) is 18.2 Å². The normalized spacial score (nSPS) is 14.9. The van der Waals surface area contributed by atoms with Gasteiger partial charge in [-0.25, -0.2) is 21.6 Å². The van der Waals surface area contributed by atoms with E-state index >= 15 is 0 Å². The lowest BCUT2D eigenvalue weighted by atomic mass is 9.86. The molecule has 2 aromatic heterocycles. The summed E-state index contributed by atoms with van der Waals surface area (Å²) in [6, 6.07) is 8.66. The number of amides is 1. The van der Waals surface area contributed by atoms with Crippen molar-refractivity contribution in [1.82, 2.24) is 9.78 Å². The number of Topliss-reactive ketones (excluding diaryl/α,β-unsaturated/α-hetero) is 1. The number of sulfone groups is 1. The number of alkyl halides is 3. The van der Waals surface area contributed by atoms with Crippen LogP contribution >= 0.6 is 0 Å². The first kappa shape index (κ1) is 32.7. The van der Waals surface area contributed by atoms with Crippen LogP contribution in [0.15, 0.2) is 54.7 Å². The van der Waals surface area contributed by atoms with Gasteiger partial charge in [-0.15, -0.1) is 0 Å². The van der Waals surface area contributed by atoms with Crippen molar-refractivity contribution in [3.8, 4) is 11.1 Å². The monoisotopic (exact) mass is 666 g/mol. The van der Waals surface area contributed by atoms with Crippen LogP contribution in [0, 0.1) is 22.7 Å². The smallest absolute Gasteiger partial charge is 0.435 e. The van der Waals surface area contributed by atoms with Gasteiger partial charge in [-0.1, -0.05) is 6.07 Å². The molecule has 0 unspecified atom stereocenters. The van der Waals surface area contributed by atoms with Crippen LogP contribution in [0.1, 0.15) is 50.9 Å². The van der Waals surface area contributed by atoms with Crippen molar-refractivity contribution in [2.45, 2.75) is 43.7 Å². The molecular formula is C30H24F6N4O5S. The van der Waals surface area contributed by atoms with Crippen molar-refractivity contribution < 1.29 is 49.1 Å². The molecule has 5 rings (SSSR count). The third kappa shape index (κ3) is 6.90. The van der Waals surface area contributed by atoms with Gasteiger partial charge < -0.3 is 10.9 Å². The van der Waals surface area contributed by atoms with Crippen LogP contribution in [0.25, 0.3) is 11.1 Å². The molecule has 1 atom stereocenters. The summed E-state index contributed by atoms with van der Waals surface area (Å²) in [6.07, 6.45) is -5.07. The summed E-state index contributed by atoms with van der Waals surface area (Å²) >= 11 is 0. The Morgan fingerprint density at radius 3 is 2.41 bits per heavy atom. The van der Waals surface area contributed by atoms with E-state index < -0.39 is 92.4 Å².